The molecule has 10 heteroatoms. The highest BCUT2D eigenvalue weighted by Gasteiger charge is 2.34. The lowest BCUT2D eigenvalue weighted by atomic mass is 10.1. The Morgan fingerprint density at radius 1 is 1.06 bits per heavy atom. The van der Waals surface area contributed by atoms with Crippen LogP contribution in [0.25, 0.3) is 6.08 Å². The number of hydrogen-bond donors (Lipinski definition) is 1. The zero-order valence-electron chi connectivity index (χ0n) is 19.9. The summed E-state index contributed by atoms with van der Waals surface area (Å²) in [6.45, 7) is 0.669. The molecule has 0 fully saturated rings. The minimum absolute atomic E-state index is 0.0293. The van der Waals surface area contributed by atoms with Crippen molar-refractivity contribution in [3.05, 3.63) is 64.7 Å². The molecule has 1 N–H and O–H groups in total. The molecule has 2 aromatic carbocycles. The van der Waals surface area contributed by atoms with Crippen LogP contribution in [0.4, 0.5) is 0 Å². The van der Waals surface area contributed by atoms with Gasteiger partial charge in [-0.1, -0.05) is 18.2 Å². The predicted octanol–water partition coefficient (Wildman–Crippen LogP) is 2.35. The molecule has 1 aliphatic heterocycles. The highest BCUT2D eigenvalue weighted by atomic mass is 16.6. The van der Waals surface area contributed by atoms with Crippen molar-refractivity contribution in [1.29, 1.82) is 5.26 Å². The summed E-state index contributed by atoms with van der Waals surface area (Å²) in [7, 11) is 2.90. The molecule has 0 atom stereocenters. The second kappa shape index (κ2) is 12.3. The first kappa shape index (κ1) is 26.1. The van der Waals surface area contributed by atoms with Gasteiger partial charge in [0.15, 0.2) is 11.5 Å². The van der Waals surface area contributed by atoms with Crippen LogP contribution >= 0.6 is 0 Å². The first-order chi connectivity index (χ1) is 17.4. The summed E-state index contributed by atoms with van der Waals surface area (Å²) in [6, 6.07) is 13.0. The van der Waals surface area contributed by atoms with Crippen LogP contribution < -0.4 is 14.8 Å². The fraction of sp³-hybridized carbons (Fsp3) is 0.269. The number of esters is 1. The third kappa shape index (κ3) is 6.14. The highest BCUT2D eigenvalue weighted by Crippen LogP contribution is 2.29. The molecule has 1 heterocycles. The second-order valence-corrected chi connectivity index (χ2v) is 7.71. The summed E-state index contributed by atoms with van der Waals surface area (Å²) in [4.78, 5) is 50.4. The molecule has 0 radical (unpaired) electrons. The van der Waals surface area contributed by atoms with Crippen LogP contribution in [0.5, 0.6) is 11.5 Å². The zero-order valence-corrected chi connectivity index (χ0v) is 19.9. The lowest BCUT2D eigenvalue weighted by molar-refractivity contribution is -0.134. The topological polar surface area (TPSA) is 135 Å². The van der Waals surface area contributed by atoms with Crippen molar-refractivity contribution in [2.45, 2.75) is 12.8 Å². The van der Waals surface area contributed by atoms with Crippen molar-refractivity contribution in [3.63, 3.8) is 0 Å². The van der Waals surface area contributed by atoms with Crippen LogP contribution in [0.3, 0.4) is 0 Å². The van der Waals surface area contributed by atoms with E-state index >= 15 is 0 Å². The van der Waals surface area contributed by atoms with Crippen molar-refractivity contribution < 1.29 is 33.4 Å². The van der Waals surface area contributed by atoms with Gasteiger partial charge in [-0.15, -0.1) is 0 Å². The molecule has 2 aromatic rings. The van der Waals surface area contributed by atoms with Crippen molar-refractivity contribution in [3.8, 4) is 17.6 Å². The van der Waals surface area contributed by atoms with Gasteiger partial charge in [0.05, 0.1) is 24.8 Å². The number of ether oxygens (including phenoxy) is 3. The van der Waals surface area contributed by atoms with Crippen LogP contribution in [0, 0.1) is 11.3 Å². The normalized spacial score (nSPS) is 12.7. The number of rotatable bonds is 11. The molecule has 3 amide bonds. The molecule has 3 rings (SSSR count). The van der Waals surface area contributed by atoms with Crippen LogP contribution in [0.15, 0.2) is 48.0 Å². The van der Waals surface area contributed by atoms with Gasteiger partial charge < -0.3 is 19.5 Å². The van der Waals surface area contributed by atoms with Crippen molar-refractivity contribution in [2.24, 2.45) is 0 Å². The van der Waals surface area contributed by atoms with E-state index in [4.69, 9.17) is 14.2 Å². The van der Waals surface area contributed by atoms with Crippen LogP contribution in [-0.4, -0.2) is 62.5 Å². The molecule has 0 saturated heterocycles. The average molecular weight is 492 g/mol. The van der Waals surface area contributed by atoms with E-state index in [9.17, 15) is 24.4 Å². The van der Waals surface area contributed by atoms with Gasteiger partial charge in [0, 0.05) is 26.6 Å². The lowest BCUT2D eigenvalue weighted by Gasteiger charge is -2.14. The number of carbonyl (C=O) groups excluding carboxylic acids is 4. The molecule has 0 aromatic heterocycles. The molecule has 36 heavy (non-hydrogen) atoms. The third-order valence-corrected chi connectivity index (χ3v) is 5.32. The number of nitrogens with zero attached hydrogens (tertiary/aromatic N) is 2. The summed E-state index contributed by atoms with van der Waals surface area (Å²) in [6.07, 6.45) is 1.59. The monoisotopic (exact) mass is 491 g/mol. The van der Waals surface area contributed by atoms with Gasteiger partial charge >= 0.3 is 5.97 Å². The highest BCUT2D eigenvalue weighted by molar-refractivity contribution is 6.21. The number of methoxy groups -OCH3 is 2. The number of nitriles is 1. The predicted molar refractivity (Wildman–Crippen MR) is 128 cm³/mol. The van der Waals surface area contributed by atoms with Crippen LogP contribution in [-0.2, 0) is 14.3 Å². The lowest BCUT2D eigenvalue weighted by Crippen LogP contribution is -2.31. The first-order valence-electron chi connectivity index (χ1n) is 11.1. The van der Waals surface area contributed by atoms with E-state index in [1.165, 1.54) is 32.4 Å². The quantitative estimate of drug-likeness (QED) is 0.126. The Labute approximate surface area is 208 Å². The van der Waals surface area contributed by atoms with E-state index in [-0.39, 0.29) is 54.8 Å². The van der Waals surface area contributed by atoms with Gasteiger partial charge in [-0.2, -0.15) is 5.26 Å². The van der Waals surface area contributed by atoms with Crippen LogP contribution in [0.1, 0.15) is 39.1 Å². The van der Waals surface area contributed by atoms with Gasteiger partial charge in [-0.3, -0.25) is 24.1 Å². The van der Waals surface area contributed by atoms with Crippen molar-refractivity contribution in [1.82, 2.24) is 10.2 Å². The third-order valence-electron chi connectivity index (χ3n) is 5.32. The molecule has 0 unspecified atom stereocenters. The van der Waals surface area contributed by atoms with E-state index in [0.29, 0.717) is 23.3 Å². The number of hydrogen-bond acceptors (Lipinski definition) is 8. The average Bonchev–Trinajstić information content (AvgIpc) is 3.13. The smallest absolute Gasteiger partial charge is 0.311 e. The number of nitrogens with one attached hydrogen (secondary N) is 1. The fourth-order valence-corrected chi connectivity index (χ4v) is 3.53. The Hall–Kier alpha value is -4.49. The minimum Gasteiger partial charge on any atom is -0.493 e. The summed E-state index contributed by atoms with van der Waals surface area (Å²) in [5.74, 6) is -1.47. The Morgan fingerprint density at radius 2 is 1.75 bits per heavy atom. The summed E-state index contributed by atoms with van der Waals surface area (Å²) >= 11 is 0. The Morgan fingerprint density at radius 3 is 2.36 bits per heavy atom. The number of imide groups is 1. The van der Waals surface area contributed by atoms with Crippen LogP contribution in [0.2, 0.25) is 0 Å². The molecule has 0 saturated carbocycles. The van der Waals surface area contributed by atoms with Crippen molar-refractivity contribution in [2.75, 3.05) is 33.9 Å². The Kier molecular flexibility index (Phi) is 8.91. The van der Waals surface area contributed by atoms with Gasteiger partial charge in [-0.05, 0) is 42.3 Å². The number of carbonyl (C=O) groups is 4. The summed E-state index contributed by atoms with van der Waals surface area (Å²) in [5, 5.41) is 11.9. The fourth-order valence-electron chi connectivity index (χ4n) is 3.53. The molecular formula is C26H25N3O7. The molecular weight excluding hydrogens is 466 g/mol. The number of amides is 3. The van der Waals surface area contributed by atoms with Gasteiger partial charge in [0.25, 0.3) is 17.7 Å². The van der Waals surface area contributed by atoms with E-state index in [0.717, 1.165) is 4.90 Å². The maximum atomic E-state index is 12.4. The standard InChI is InChI=1S/C26H25N3O7/c1-34-13-11-28-24(31)18(16-27)14-17-9-10-21(22(15-17)35-2)36-23(30)8-5-12-29-25(32)19-6-3-4-7-20(19)26(29)33/h3-4,6-7,9-10,14-15H,5,8,11-13H2,1-2H3,(H,28,31)/b18-14+. The van der Waals surface area contributed by atoms with Gasteiger partial charge in [-0.25, -0.2) is 0 Å². The van der Waals surface area contributed by atoms with Crippen molar-refractivity contribution >= 4 is 29.8 Å². The Bertz CT molecular complexity index is 1210. The van der Waals surface area contributed by atoms with Gasteiger partial charge in [0.1, 0.15) is 11.6 Å². The maximum absolute atomic E-state index is 12.4. The van der Waals surface area contributed by atoms with E-state index in [1.54, 1.807) is 30.3 Å². The number of fused-ring (bicyclic) bond motifs is 1. The SMILES string of the molecule is COCCNC(=O)/C(C#N)=C/c1ccc(OC(=O)CCCN2C(=O)c3ccccc3C2=O)c(OC)c1. The molecule has 186 valence electrons. The zero-order chi connectivity index (χ0) is 26.1. The summed E-state index contributed by atoms with van der Waals surface area (Å²) < 4.78 is 15.5. The molecule has 1 aliphatic rings. The number of benzene rings is 2. The molecule has 0 aliphatic carbocycles. The van der Waals surface area contributed by atoms with E-state index in [2.05, 4.69) is 5.32 Å². The minimum atomic E-state index is -0.566. The first-order valence-corrected chi connectivity index (χ1v) is 11.1. The summed E-state index contributed by atoms with van der Waals surface area (Å²) in [5.41, 5.74) is 1.11. The second-order valence-electron chi connectivity index (χ2n) is 7.71. The van der Waals surface area contributed by atoms with Gasteiger partial charge in [0.2, 0.25) is 0 Å². The Balaban J connectivity index is 1.58. The van der Waals surface area contributed by atoms with E-state index < -0.39 is 11.9 Å². The molecule has 0 spiro atoms. The molecule has 0 bridgehead atoms. The molecule has 10 nitrogen and oxygen atoms in total. The largest absolute Gasteiger partial charge is 0.493 e. The maximum Gasteiger partial charge on any atom is 0.311 e. The van der Waals surface area contributed by atoms with E-state index in [1.807, 2.05) is 6.07 Å².